The molecule has 0 fully saturated rings. The predicted octanol–water partition coefficient (Wildman–Crippen LogP) is 4.61. The van der Waals surface area contributed by atoms with Crippen LogP contribution in [-0.4, -0.2) is 20.2 Å². The molecule has 4 nitrogen and oxygen atoms in total. The number of fused-ring (bicyclic) bond motifs is 1. The van der Waals surface area contributed by atoms with E-state index in [0.717, 1.165) is 16.5 Å². The molecule has 3 rings (SSSR count). The fourth-order valence-electron chi connectivity index (χ4n) is 2.72. The zero-order valence-electron chi connectivity index (χ0n) is 14.8. The summed E-state index contributed by atoms with van der Waals surface area (Å²) in [6.07, 6.45) is 3.05. The van der Waals surface area contributed by atoms with E-state index in [-0.39, 0.29) is 0 Å². The molecule has 0 saturated carbocycles. The maximum atomic E-state index is 11.3. The quantitative estimate of drug-likeness (QED) is 0.482. The number of hydrogen-bond donors (Lipinski definition) is 0. The molecule has 26 heavy (non-hydrogen) atoms. The lowest BCUT2D eigenvalue weighted by atomic mass is 10.1. The highest BCUT2D eigenvalue weighted by molar-refractivity contribution is 5.87. The molecule has 3 aromatic carbocycles. The van der Waals surface area contributed by atoms with E-state index in [9.17, 15) is 4.79 Å². The van der Waals surface area contributed by atoms with Crippen LogP contribution in [0.2, 0.25) is 0 Å². The second kappa shape index (κ2) is 8.21. The molecule has 0 spiro atoms. The van der Waals surface area contributed by atoms with Crippen molar-refractivity contribution in [3.63, 3.8) is 0 Å². The summed E-state index contributed by atoms with van der Waals surface area (Å²) in [5.74, 6) is 0.854. The van der Waals surface area contributed by atoms with Crippen LogP contribution in [0.5, 0.6) is 11.5 Å². The van der Waals surface area contributed by atoms with E-state index in [1.807, 2.05) is 36.4 Å². The van der Waals surface area contributed by atoms with Gasteiger partial charge in [0.05, 0.1) is 14.2 Å². The molecule has 0 saturated heterocycles. The molecular weight excluding hydrogens is 328 g/mol. The van der Waals surface area contributed by atoms with E-state index in [4.69, 9.17) is 9.47 Å². The van der Waals surface area contributed by atoms with E-state index < -0.39 is 5.97 Å². The Morgan fingerprint density at radius 2 is 1.77 bits per heavy atom. The minimum atomic E-state index is -0.404. The van der Waals surface area contributed by atoms with Gasteiger partial charge in [-0.25, -0.2) is 4.79 Å². The van der Waals surface area contributed by atoms with Crippen LogP contribution >= 0.6 is 0 Å². The van der Waals surface area contributed by atoms with Gasteiger partial charge in [-0.2, -0.15) is 0 Å². The van der Waals surface area contributed by atoms with Crippen LogP contribution in [0.3, 0.4) is 0 Å². The Hall–Kier alpha value is -3.27. The van der Waals surface area contributed by atoms with E-state index >= 15 is 0 Å². The first-order valence-corrected chi connectivity index (χ1v) is 8.25. The maximum absolute atomic E-state index is 11.3. The highest BCUT2D eigenvalue weighted by Gasteiger charge is 2.07. The first kappa shape index (κ1) is 17.5. The molecule has 0 N–H and O–H groups in total. The van der Waals surface area contributed by atoms with Crippen molar-refractivity contribution in [3.05, 3.63) is 77.9 Å². The van der Waals surface area contributed by atoms with Gasteiger partial charge < -0.3 is 14.2 Å². The van der Waals surface area contributed by atoms with Gasteiger partial charge in [0.15, 0.2) is 11.5 Å². The van der Waals surface area contributed by atoms with Crippen LogP contribution < -0.4 is 9.47 Å². The fourth-order valence-corrected chi connectivity index (χ4v) is 2.72. The highest BCUT2D eigenvalue weighted by atomic mass is 16.5. The molecule has 0 atom stereocenters. The normalized spacial score (nSPS) is 10.8. The van der Waals surface area contributed by atoms with Crippen molar-refractivity contribution in [2.45, 2.75) is 6.61 Å². The Balaban J connectivity index is 1.84. The number of ether oxygens (including phenoxy) is 3. The van der Waals surface area contributed by atoms with Crippen LogP contribution in [0, 0.1) is 0 Å². The van der Waals surface area contributed by atoms with Gasteiger partial charge in [-0.05, 0) is 40.1 Å². The second-order valence-corrected chi connectivity index (χ2v) is 5.69. The molecule has 0 unspecified atom stereocenters. The molecule has 132 valence electrons. The zero-order chi connectivity index (χ0) is 18.4. The molecule has 0 aliphatic rings. The van der Waals surface area contributed by atoms with Gasteiger partial charge in [0.25, 0.3) is 0 Å². The molecule has 3 aromatic rings. The molecule has 0 aliphatic heterocycles. The highest BCUT2D eigenvalue weighted by Crippen LogP contribution is 2.30. The third-order valence-electron chi connectivity index (χ3n) is 4.06. The Kier molecular flexibility index (Phi) is 5.54. The van der Waals surface area contributed by atoms with Crippen molar-refractivity contribution < 1.29 is 19.0 Å². The number of esters is 1. The summed E-state index contributed by atoms with van der Waals surface area (Å²) in [6, 6.07) is 19.9. The molecule has 0 bridgehead atoms. The average molecular weight is 348 g/mol. The van der Waals surface area contributed by atoms with Gasteiger partial charge in [0.2, 0.25) is 0 Å². The Morgan fingerprint density at radius 1 is 0.962 bits per heavy atom. The standard InChI is InChI=1S/C22H20O4/c1-24-20-12-10-16(11-13-22(23)25-2)14-21(20)26-15-18-8-5-7-17-6-3-4-9-19(17)18/h3-14H,15H2,1-2H3/b13-11+. The molecule has 0 heterocycles. The number of methoxy groups -OCH3 is 2. The van der Waals surface area contributed by atoms with E-state index in [1.54, 1.807) is 13.2 Å². The van der Waals surface area contributed by atoms with Crippen LogP contribution in [0.15, 0.2) is 66.7 Å². The summed E-state index contributed by atoms with van der Waals surface area (Å²) in [5, 5.41) is 2.34. The molecule has 0 aromatic heterocycles. The number of carbonyl (C=O) groups is 1. The first-order chi connectivity index (χ1) is 12.7. The third kappa shape index (κ3) is 4.03. The summed E-state index contributed by atoms with van der Waals surface area (Å²) in [4.78, 5) is 11.3. The van der Waals surface area contributed by atoms with Gasteiger partial charge >= 0.3 is 5.97 Å². The summed E-state index contributed by atoms with van der Waals surface area (Å²) >= 11 is 0. The van der Waals surface area contributed by atoms with E-state index in [0.29, 0.717) is 18.1 Å². The number of hydrogen-bond acceptors (Lipinski definition) is 4. The first-order valence-electron chi connectivity index (χ1n) is 8.25. The summed E-state index contributed by atoms with van der Waals surface area (Å²) in [5.41, 5.74) is 1.92. The van der Waals surface area contributed by atoms with Gasteiger partial charge in [-0.1, -0.05) is 48.5 Å². The Labute approximate surface area is 152 Å². The monoisotopic (exact) mass is 348 g/mol. The number of rotatable bonds is 6. The largest absolute Gasteiger partial charge is 0.493 e. The average Bonchev–Trinajstić information content (AvgIpc) is 2.70. The second-order valence-electron chi connectivity index (χ2n) is 5.69. The minimum absolute atomic E-state index is 0.404. The maximum Gasteiger partial charge on any atom is 0.330 e. The van der Waals surface area contributed by atoms with E-state index in [2.05, 4.69) is 29.0 Å². The van der Waals surface area contributed by atoms with Crippen LogP contribution in [0.4, 0.5) is 0 Å². The Bertz CT molecular complexity index is 939. The van der Waals surface area contributed by atoms with Crippen LogP contribution in [0.1, 0.15) is 11.1 Å². The smallest absolute Gasteiger partial charge is 0.330 e. The van der Waals surface area contributed by atoms with Crippen molar-refractivity contribution in [1.82, 2.24) is 0 Å². The predicted molar refractivity (Wildman–Crippen MR) is 102 cm³/mol. The lowest BCUT2D eigenvalue weighted by Crippen LogP contribution is -1.99. The number of benzene rings is 3. The summed E-state index contributed by atoms with van der Waals surface area (Å²) in [7, 11) is 2.95. The SMILES string of the molecule is COC(=O)/C=C/c1ccc(OC)c(OCc2cccc3ccccc23)c1. The lowest BCUT2D eigenvalue weighted by molar-refractivity contribution is -0.134. The van der Waals surface area contributed by atoms with Crippen molar-refractivity contribution in [2.75, 3.05) is 14.2 Å². The van der Waals surface area contributed by atoms with Crippen molar-refractivity contribution in [2.24, 2.45) is 0 Å². The van der Waals surface area contributed by atoms with Crippen molar-refractivity contribution in [1.29, 1.82) is 0 Å². The molecule has 0 amide bonds. The van der Waals surface area contributed by atoms with Gasteiger partial charge in [0, 0.05) is 6.08 Å². The molecule has 0 radical (unpaired) electrons. The summed E-state index contributed by atoms with van der Waals surface area (Å²) < 4.78 is 16.0. The van der Waals surface area contributed by atoms with Gasteiger partial charge in [-0.15, -0.1) is 0 Å². The fraction of sp³-hybridized carbons (Fsp3) is 0.136. The van der Waals surface area contributed by atoms with Crippen LogP contribution in [-0.2, 0) is 16.1 Å². The van der Waals surface area contributed by atoms with Gasteiger partial charge in [-0.3, -0.25) is 0 Å². The van der Waals surface area contributed by atoms with E-state index in [1.165, 1.54) is 18.6 Å². The molecule has 0 aliphatic carbocycles. The van der Waals surface area contributed by atoms with Gasteiger partial charge in [0.1, 0.15) is 6.61 Å². The molecule has 4 heteroatoms. The minimum Gasteiger partial charge on any atom is -0.493 e. The lowest BCUT2D eigenvalue weighted by Gasteiger charge is -2.13. The van der Waals surface area contributed by atoms with Crippen LogP contribution in [0.25, 0.3) is 16.8 Å². The summed E-state index contributed by atoms with van der Waals surface area (Å²) in [6.45, 7) is 0.419. The van der Waals surface area contributed by atoms with Crippen molar-refractivity contribution >= 4 is 22.8 Å². The molecular formula is C22H20O4. The Morgan fingerprint density at radius 3 is 2.58 bits per heavy atom. The zero-order valence-corrected chi connectivity index (χ0v) is 14.8. The van der Waals surface area contributed by atoms with Crippen molar-refractivity contribution in [3.8, 4) is 11.5 Å². The number of carbonyl (C=O) groups excluding carboxylic acids is 1. The third-order valence-corrected chi connectivity index (χ3v) is 4.06. The topological polar surface area (TPSA) is 44.8 Å².